The van der Waals surface area contributed by atoms with Gasteiger partial charge in [0.25, 0.3) is 0 Å². The second-order valence-electron chi connectivity index (χ2n) is 12.3. The Balaban J connectivity index is 1.91. The van der Waals surface area contributed by atoms with E-state index >= 15 is 0 Å². The maximum atomic E-state index is 10.1. The second-order valence-corrected chi connectivity index (χ2v) is 12.3. The molecule has 2 rings (SSSR count). The Morgan fingerprint density at radius 1 is 0.683 bits per heavy atom. The van der Waals surface area contributed by atoms with Gasteiger partial charge in [-0.1, -0.05) is 139 Å². The Bertz CT molecular complexity index is 1370. The van der Waals surface area contributed by atoms with Crippen LogP contribution in [0.15, 0.2) is 125 Å². The van der Waals surface area contributed by atoms with Gasteiger partial charge in [-0.15, -0.1) is 0 Å². The molecule has 0 bridgehead atoms. The molecule has 0 fully saturated rings. The van der Waals surface area contributed by atoms with Crippen LogP contribution in [0.25, 0.3) is 6.08 Å². The fourth-order valence-electron chi connectivity index (χ4n) is 5.18. The van der Waals surface area contributed by atoms with E-state index in [2.05, 4.69) is 166 Å². The summed E-state index contributed by atoms with van der Waals surface area (Å²) < 4.78 is 0. The quantitative estimate of drug-likeness (QED) is 0.288. The number of aryl methyl sites for hydroxylation is 2. The molecule has 0 heterocycles. The molecule has 1 aliphatic rings. The highest BCUT2D eigenvalue weighted by molar-refractivity contribution is 5.61. The molecule has 1 aliphatic carbocycles. The number of hydrogen-bond donors (Lipinski definition) is 1. The van der Waals surface area contributed by atoms with Crippen LogP contribution in [0.5, 0.6) is 0 Å². The molecule has 0 spiro atoms. The lowest BCUT2D eigenvalue weighted by molar-refractivity contribution is 0.116. The summed E-state index contributed by atoms with van der Waals surface area (Å²) in [5.41, 5.74) is 12.8. The van der Waals surface area contributed by atoms with Crippen LogP contribution in [0.1, 0.15) is 83.6 Å². The fourth-order valence-corrected chi connectivity index (χ4v) is 5.18. The van der Waals surface area contributed by atoms with Crippen molar-refractivity contribution in [3.05, 3.63) is 147 Å². The summed E-state index contributed by atoms with van der Waals surface area (Å²) >= 11 is 0. The monoisotopic (exact) mass is 548 g/mol. The summed E-state index contributed by atoms with van der Waals surface area (Å²) in [5, 5.41) is 10.1. The first-order chi connectivity index (χ1) is 19.3. The minimum atomic E-state index is -0.223. The van der Waals surface area contributed by atoms with Crippen LogP contribution in [0.3, 0.4) is 0 Å². The standard InChI is InChI=1S/C40H52O/c1-29(17-13-19-31(3)21-25-38-34(6)24-23-33(5)36(38)8)15-11-12-16-30(2)18-14-20-32(4)22-26-39-35(7)27-37(41)28-40(39,9)10/h11-26,37,41H,27-28H2,1-10H3/b12-11+,17-13+,18-14+,25-21+,26-22+,29-15+,30-16+,31-19+,32-20+. The van der Waals surface area contributed by atoms with Gasteiger partial charge in [-0.25, -0.2) is 0 Å². The highest BCUT2D eigenvalue weighted by atomic mass is 16.3. The van der Waals surface area contributed by atoms with Gasteiger partial charge in [0.1, 0.15) is 0 Å². The van der Waals surface area contributed by atoms with Crippen LogP contribution in [-0.4, -0.2) is 11.2 Å². The van der Waals surface area contributed by atoms with Crippen molar-refractivity contribution in [3.63, 3.8) is 0 Å². The third kappa shape index (κ3) is 11.5. The van der Waals surface area contributed by atoms with Crippen LogP contribution < -0.4 is 0 Å². The van der Waals surface area contributed by atoms with Gasteiger partial charge in [0, 0.05) is 0 Å². The van der Waals surface area contributed by atoms with E-state index in [-0.39, 0.29) is 11.5 Å². The molecule has 0 radical (unpaired) electrons. The van der Waals surface area contributed by atoms with E-state index in [4.69, 9.17) is 0 Å². The van der Waals surface area contributed by atoms with Crippen molar-refractivity contribution in [1.82, 2.24) is 0 Å². The van der Waals surface area contributed by atoms with Crippen molar-refractivity contribution < 1.29 is 5.11 Å². The minimum Gasteiger partial charge on any atom is -0.393 e. The Morgan fingerprint density at radius 3 is 1.68 bits per heavy atom. The molecule has 0 saturated heterocycles. The van der Waals surface area contributed by atoms with Crippen molar-refractivity contribution in [2.24, 2.45) is 5.41 Å². The van der Waals surface area contributed by atoms with Gasteiger partial charge in [-0.2, -0.15) is 0 Å². The van der Waals surface area contributed by atoms with Gasteiger partial charge in [0.15, 0.2) is 0 Å². The van der Waals surface area contributed by atoms with Crippen LogP contribution in [0.2, 0.25) is 0 Å². The van der Waals surface area contributed by atoms with Crippen LogP contribution in [0.4, 0.5) is 0 Å². The van der Waals surface area contributed by atoms with Crippen molar-refractivity contribution in [1.29, 1.82) is 0 Å². The smallest absolute Gasteiger partial charge is 0.0585 e. The van der Waals surface area contributed by atoms with Crippen molar-refractivity contribution in [2.45, 2.75) is 88.2 Å². The maximum absolute atomic E-state index is 10.1. The predicted molar refractivity (Wildman–Crippen MR) is 183 cm³/mol. The van der Waals surface area contributed by atoms with Gasteiger partial charge in [0.05, 0.1) is 6.10 Å². The Labute approximate surface area is 251 Å². The van der Waals surface area contributed by atoms with E-state index in [0.717, 1.165) is 12.8 Å². The topological polar surface area (TPSA) is 20.2 Å². The fraction of sp³-hybridized carbons (Fsp3) is 0.350. The summed E-state index contributed by atoms with van der Waals surface area (Å²) in [6, 6.07) is 4.38. The SMILES string of the molecule is CC1=C(/C=C/C(C)=C/C=C/C(C)=C/C=C/C=C(C)/C=C/C=C(C)/C=C/c2c(C)ccc(C)c2C)C(C)(C)CC(O)C1. The number of aliphatic hydroxyl groups excluding tert-OH is 1. The molecule has 0 aliphatic heterocycles. The first-order valence-corrected chi connectivity index (χ1v) is 14.8. The molecule has 0 amide bonds. The molecule has 1 unspecified atom stereocenters. The number of benzene rings is 1. The second kappa shape index (κ2) is 16.1. The van der Waals surface area contributed by atoms with Crippen LogP contribution in [0, 0.1) is 26.2 Å². The highest BCUT2D eigenvalue weighted by Crippen LogP contribution is 2.41. The molecule has 1 N–H and O–H groups in total. The number of aliphatic hydroxyl groups is 1. The Hall–Kier alpha value is -3.42. The largest absolute Gasteiger partial charge is 0.393 e. The lowest BCUT2D eigenvalue weighted by atomic mass is 9.71. The molecule has 0 aromatic heterocycles. The third-order valence-corrected chi connectivity index (χ3v) is 7.77. The molecule has 1 atom stereocenters. The molecule has 0 saturated carbocycles. The molecule has 1 aromatic rings. The minimum absolute atomic E-state index is 0.00990. The van der Waals surface area contributed by atoms with E-state index in [1.54, 1.807) is 0 Å². The van der Waals surface area contributed by atoms with Gasteiger partial charge in [-0.05, 0) is 101 Å². The van der Waals surface area contributed by atoms with E-state index in [9.17, 15) is 5.11 Å². The summed E-state index contributed by atoms with van der Waals surface area (Å²) in [5.74, 6) is 0. The van der Waals surface area contributed by atoms with E-state index in [1.165, 1.54) is 55.7 Å². The van der Waals surface area contributed by atoms with E-state index in [1.807, 2.05) is 0 Å². The summed E-state index contributed by atoms with van der Waals surface area (Å²) in [7, 11) is 0. The van der Waals surface area contributed by atoms with Crippen molar-refractivity contribution >= 4 is 6.08 Å². The van der Waals surface area contributed by atoms with Gasteiger partial charge in [0.2, 0.25) is 0 Å². The highest BCUT2D eigenvalue weighted by Gasteiger charge is 2.31. The molecule has 218 valence electrons. The molecular formula is C40H52O. The third-order valence-electron chi connectivity index (χ3n) is 7.77. The summed E-state index contributed by atoms with van der Waals surface area (Å²) in [6.07, 6.45) is 31.4. The zero-order chi connectivity index (χ0) is 30.6. The number of hydrogen-bond acceptors (Lipinski definition) is 1. The zero-order valence-electron chi connectivity index (χ0n) is 27.2. The van der Waals surface area contributed by atoms with E-state index in [0.29, 0.717) is 0 Å². The summed E-state index contributed by atoms with van der Waals surface area (Å²) in [4.78, 5) is 0. The normalized spacial score (nSPS) is 19.8. The van der Waals surface area contributed by atoms with Crippen LogP contribution >= 0.6 is 0 Å². The zero-order valence-corrected chi connectivity index (χ0v) is 27.2. The number of rotatable bonds is 10. The van der Waals surface area contributed by atoms with Gasteiger partial charge < -0.3 is 5.11 Å². The Morgan fingerprint density at radius 2 is 1.15 bits per heavy atom. The van der Waals surface area contributed by atoms with Crippen molar-refractivity contribution in [3.8, 4) is 0 Å². The lowest BCUT2D eigenvalue weighted by Crippen LogP contribution is -2.28. The molecule has 1 aromatic carbocycles. The lowest BCUT2D eigenvalue weighted by Gasteiger charge is -2.35. The molecule has 41 heavy (non-hydrogen) atoms. The van der Waals surface area contributed by atoms with E-state index < -0.39 is 0 Å². The van der Waals surface area contributed by atoms with Crippen LogP contribution in [-0.2, 0) is 0 Å². The first kappa shape index (κ1) is 33.8. The predicted octanol–water partition coefficient (Wildman–Crippen LogP) is 11.1. The maximum Gasteiger partial charge on any atom is 0.0585 e. The van der Waals surface area contributed by atoms with Gasteiger partial charge in [-0.3, -0.25) is 0 Å². The average molecular weight is 549 g/mol. The molecule has 1 nitrogen and oxygen atoms in total. The van der Waals surface area contributed by atoms with Gasteiger partial charge >= 0.3 is 0 Å². The average Bonchev–Trinajstić information content (AvgIpc) is 2.87. The number of allylic oxidation sites excluding steroid dienone is 18. The summed E-state index contributed by atoms with van der Waals surface area (Å²) in [6.45, 7) is 21.6. The molecular weight excluding hydrogens is 496 g/mol. The van der Waals surface area contributed by atoms with Crippen molar-refractivity contribution in [2.75, 3.05) is 0 Å². The Kier molecular flexibility index (Phi) is 13.3. The first-order valence-electron chi connectivity index (χ1n) is 14.8. The molecule has 1 heteroatoms.